The fourth-order valence-electron chi connectivity index (χ4n) is 1.09. The van der Waals surface area contributed by atoms with Crippen molar-refractivity contribution in [1.29, 1.82) is 0 Å². The number of pyridine rings is 1. The summed E-state index contributed by atoms with van der Waals surface area (Å²) < 4.78 is 4.66. The molecule has 1 atom stereocenters. The van der Waals surface area contributed by atoms with E-state index in [4.69, 9.17) is 10.8 Å². The number of hydrogen-bond donors (Lipinski definition) is 3. The molecule has 0 spiro atoms. The Morgan fingerprint density at radius 1 is 1.59 bits per heavy atom. The number of rotatable bonds is 5. The van der Waals surface area contributed by atoms with E-state index in [-0.39, 0.29) is 12.2 Å². The number of ether oxygens (including phenoxy) is 1. The molecular weight excluding hydrogens is 226 g/mol. The molecule has 0 saturated heterocycles. The molecule has 0 radical (unpaired) electrons. The minimum absolute atomic E-state index is 0.128. The molecule has 1 unspecified atom stereocenters. The lowest BCUT2D eigenvalue weighted by Gasteiger charge is -2.11. The molecule has 7 heteroatoms. The number of carbonyl (C=O) groups is 2. The van der Waals surface area contributed by atoms with Gasteiger partial charge in [0.2, 0.25) is 0 Å². The molecule has 1 heterocycles. The second-order valence-corrected chi connectivity index (χ2v) is 3.25. The zero-order valence-corrected chi connectivity index (χ0v) is 9.21. The van der Waals surface area contributed by atoms with Gasteiger partial charge in [-0.1, -0.05) is 0 Å². The highest BCUT2D eigenvalue weighted by molar-refractivity contribution is 5.92. The van der Waals surface area contributed by atoms with Crippen molar-refractivity contribution in [2.45, 2.75) is 6.10 Å². The van der Waals surface area contributed by atoms with Gasteiger partial charge < -0.3 is 20.9 Å². The summed E-state index contributed by atoms with van der Waals surface area (Å²) in [5.74, 6) is -1.62. The molecule has 92 valence electrons. The number of anilines is 1. The normalized spacial score (nSPS) is 11.8. The van der Waals surface area contributed by atoms with Gasteiger partial charge >= 0.3 is 5.97 Å². The summed E-state index contributed by atoms with van der Waals surface area (Å²) in [7, 11) is 1.26. The Hall–Kier alpha value is -2.15. The van der Waals surface area contributed by atoms with Crippen molar-refractivity contribution in [2.75, 3.05) is 19.4 Å². The number of hydrogen-bond acceptors (Lipinski definition) is 5. The Morgan fingerprint density at radius 3 is 2.76 bits per heavy atom. The number of aliphatic carboxylic acids is 1. The quantitative estimate of drug-likeness (QED) is 0.637. The third kappa shape index (κ3) is 3.72. The molecule has 0 aliphatic carbocycles. The van der Waals surface area contributed by atoms with Crippen LogP contribution in [0, 0.1) is 0 Å². The summed E-state index contributed by atoms with van der Waals surface area (Å²) in [5.41, 5.74) is 6.03. The average Bonchev–Trinajstić information content (AvgIpc) is 2.30. The van der Waals surface area contributed by atoms with Gasteiger partial charge in [0, 0.05) is 7.11 Å². The maximum absolute atomic E-state index is 11.5. The maximum Gasteiger partial charge on any atom is 0.334 e. The summed E-state index contributed by atoms with van der Waals surface area (Å²) in [6.45, 7) is -0.128. The smallest absolute Gasteiger partial charge is 0.334 e. The Bertz CT molecular complexity index is 405. The van der Waals surface area contributed by atoms with Gasteiger partial charge in [-0.3, -0.25) is 4.79 Å². The molecule has 4 N–H and O–H groups in total. The van der Waals surface area contributed by atoms with E-state index in [1.54, 1.807) is 0 Å². The van der Waals surface area contributed by atoms with E-state index in [0.717, 1.165) is 0 Å². The lowest BCUT2D eigenvalue weighted by molar-refractivity contribution is -0.148. The first-order valence-corrected chi connectivity index (χ1v) is 4.80. The van der Waals surface area contributed by atoms with Crippen molar-refractivity contribution in [2.24, 2.45) is 0 Å². The first-order chi connectivity index (χ1) is 8.04. The highest BCUT2D eigenvalue weighted by atomic mass is 16.5. The summed E-state index contributed by atoms with van der Waals surface area (Å²) >= 11 is 0. The second-order valence-electron chi connectivity index (χ2n) is 3.25. The van der Waals surface area contributed by atoms with E-state index in [0.29, 0.717) is 5.69 Å². The number of amides is 1. The standard InChI is InChI=1S/C10H13N3O4/c1-17-8(10(15)16)5-13-9(14)7-3-2-6(11)4-12-7/h2-4,8H,5,11H2,1H3,(H,13,14)(H,15,16). The number of carboxylic acid groups (broad SMARTS) is 1. The monoisotopic (exact) mass is 239 g/mol. The largest absolute Gasteiger partial charge is 0.479 e. The van der Waals surface area contributed by atoms with Crippen molar-refractivity contribution in [3.63, 3.8) is 0 Å². The first kappa shape index (κ1) is 12.9. The van der Waals surface area contributed by atoms with Crippen LogP contribution in [0.3, 0.4) is 0 Å². The first-order valence-electron chi connectivity index (χ1n) is 4.80. The highest BCUT2D eigenvalue weighted by Gasteiger charge is 2.17. The van der Waals surface area contributed by atoms with Gasteiger partial charge in [-0.25, -0.2) is 9.78 Å². The van der Waals surface area contributed by atoms with Gasteiger partial charge in [0.15, 0.2) is 6.10 Å². The fraction of sp³-hybridized carbons (Fsp3) is 0.300. The van der Waals surface area contributed by atoms with E-state index in [1.807, 2.05) is 0 Å². The van der Waals surface area contributed by atoms with Gasteiger partial charge in [-0.15, -0.1) is 0 Å². The van der Waals surface area contributed by atoms with Crippen LogP contribution in [0.2, 0.25) is 0 Å². The van der Waals surface area contributed by atoms with E-state index >= 15 is 0 Å². The number of methoxy groups -OCH3 is 1. The topological polar surface area (TPSA) is 115 Å². The van der Waals surface area contributed by atoms with Crippen LogP contribution in [0.15, 0.2) is 18.3 Å². The van der Waals surface area contributed by atoms with Crippen LogP contribution >= 0.6 is 0 Å². The van der Waals surface area contributed by atoms with Gasteiger partial charge in [-0.05, 0) is 12.1 Å². The van der Waals surface area contributed by atoms with E-state index in [2.05, 4.69) is 15.0 Å². The average molecular weight is 239 g/mol. The van der Waals surface area contributed by atoms with Gasteiger partial charge in [-0.2, -0.15) is 0 Å². The number of nitrogen functional groups attached to an aromatic ring is 1. The molecule has 0 aliphatic rings. The number of nitrogens with zero attached hydrogens (tertiary/aromatic N) is 1. The molecule has 1 aromatic heterocycles. The van der Waals surface area contributed by atoms with E-state index in [1.165, 1.54) is 25.4 Å². The Kier molecular flexibility index (Phi) is 4.41. The Labute approximate surface area is 97.6 Å². The molecule has 7 nitrogen and oxygen atoms in total. The number of carboxylic acids is 1. The number of nitrogens with one attached hydrogen (secondary N) is 1. The van der Waals surface area contributed by atoms with Crippen LogP contribution in [0.25, 0.3) is 0 Å². The van der Waals surface area contributed by atoms with Crippen LogP contribution in [-0.4, -0.2) is 41.7 Å². The van der Waals surface area contributed by atoms with Gasteiger partial charge in [0.1, 0.15) is 5.69 Å². The zero-order chi connectivity index (χ0) is 12.8. The minimum atomic E-state index is -1.14. The van der Waals surface area contributed by atoms with Crippen molar-refractivity contribution in [3.8, 4) is 0 Å². The number of nitrogens with two attached hydrogens (primary N) is 1. The molecule has 1 amide bonds. The molecule has 0 saturated carbocycles. The summed E-state index contributed by atoms with van der Waals surface area (Å²) in [4.78, 5) is 26.0. The second kappa shape index (κ2) is 5.80. The third-order valence-corrected chi connectivity index (χ3v) is 2.03. The fourth-order valence-corrected chi connectivity index (χ4v) is 1.09. The van der Waals surface area contributed by atoms with Crippen molar-refractivity contribution in [1.82, 2.24) is 10.3 Å². The Morgan fingerprint density at radius 2 is 2.29 bits per heavy atom. The number of carbonyl (C=O) groups excluding carboxylic acids is 1. The van der Waals surface area contributed by atoms with Crippen molar-refractivity contribution >= 4 is 17.6 Å². The third-order valence-electron chi connectivity index (χ3n) is 2.03. The lowest BCUT2D eigenvalue weighted by Crippen LogP contribution is -2.38. The van der Waals surface area contributed by atoms with Gasteiger partial charge in [0.05, 0.1) is 18.4 Å². The molecule has 17 heavy (non-hydrogen) atoms. The molecular formula is C10H13N3O4. The Balaban J connectivity index is 2.55. The molecule has 0 aliphatic heterocycles. The van der Waals surface area contributed by atoms with Crippen LogP contribution in [0.4, 0.5) is 5.69 Å². The number of aromatic nitrogens is 1. The van der Waals surface area contributed by atoms with Crippen LogP contribution in [0.5, 0.6) is 0 Å². The lowest BCUT2D eigenvalue weighted by atomic mass is 10.3. The summed E-state index contributed by atoms with van der Waals surface area (Å²) in [6.07, 6.45) is 0.271. The van der Waals surface area contributed by atoms with Crippen molar-refractivity contribution in [3.05, 3.63) is 24.0 Å². The maximum atomic E-state index is 11.5. The van der Waals surface area contributed by atoms with Crippen LogP contribution in [0.1, 0.15) is 10.5 Å². The van der Waals surface area contributed by atoms with Crippen LogP contribution < -0.4 is 11.1 Å². The summed E-state index contributed by atoms with van der Waals surface area (Å²) in [6, 6.07) is 2.99. The summed E-state index contributed by atoms with van der Waals surface area (Å²) in [5, 5.41) is 11.1. The highest BCUT2D eigenvalue weighted by Crippen LogP contribution is 2.00. The minimum Gasteiger partial charge on any atom is -0.479 e. The predicted octanol–water partition coefficient (Wildman–Crippen LogP) is -0.507. The molecule has 0 fully saturated rings. The predicted molar refractivity (Wildman–Crippen MR) is 59.4 cm³/mol. The van der Waals surface area contributed by atoms with E-state index < -0.39 is 18.0 Å². The molecule has 0 aromatic carbocycles. The molecule has 0 bridgehead atoms. The van der Waals surface area contributed by atoms with Crippen molar-refractivity contribution < 1.29 is 19.4 Å². The van der Waals surface area contributed by atoms with E-state index in [9.17, 15) is 9.59 Å². The van der Waals surface area contributed by atoms with Gasteiger partial charge in [0.25, 0.3) is 5.91 Å². The molecule has 1 aromatic rings. The van der Waals surface area contributed by atoms with Crippen LogP contribution in [-0.2, 0) is 9.53 Å². The molecule has 1 rings (SSSR count). The SMILES string of the molecule is COC(CNC(=O)c1ccc(N)cn1)C(=O)O. The zero-order valence-electron chi connectivity index (χ0n) is 9.21.